The van der Waals surface area contributed by atoms with Crippen molar-refractivity contribution in [1.29, 1.82) is 0 Å². The van der Waals surface area contributed by atoms with Crippen LogP contribution in [0.25, 0.3) is 0 Å². The zero-order valence-corrected chi connectivity index (χ0v) is 20.6. The van der Waals surface area contributed by atoms with Crippen molar-refractivity contribution < 1.29 is 27.9 Å². The minimum atomic E-state index is -0.685. The van der Waals surface area contributed by atoms with Crippen molar-refractivity contribution in [3.8, 4) is 0 Å². The number of hydrogen-bond acceptors (Lipinski definition) is 6. The molecule has 2 aliphatic rings. The molecule has 1 heterocycles. The van der Waals surface area contributed by atoms with Gasteiger partial charge in [0.1, 0.15) is 17.7 Å². The molecule has 8 nitrogen and oxygen atoms in total. The van der Waals surface area contributed by atoms with E-state index >= 15 is 0 Å². The smallest absolute Gasteiger partial charge is 0.309 e. The molecule has 0 spiro atoms. The van der Waals surface area contributed by atoms with Crippen molar-refractivity contribution in [2.75, 3.05) is 5.32 Å². The van der Waals surface area contributed by atoms with Crippen molar-refractivity contribution in [3.05, 3.63) is 46.9 Å². The zero-order valence-electron chi connectivity index (χ0n) is 20.6. The van der Waals surface area contributed by atoms with Gasteiger partial charge in [0.15, 0.2) is 11.6 Å². The minimum Gasteiger partial charge on any atom is -0.460 e. The third-order valence-corrected chi connectivity index (χ3v) is 6.24. The Hall–Kier alpha value is -3.23. The highest BCUT2D eigenvalue weighted by atomic mass is 19.1. The molecule has 0 aliphatic heterocycles. The monoisotopic (exact) mass is 485 g/mol. The molecule has 0 saturated heterocycles. The lowest BCUT2D eigenvalue weighted by Crippen LogP contribution is -2.41. The Morgan fingerprint density at radius 2 is 1.86 bits per heavy atom. The topological polar surface area (TPSA) is 111 Å². The maximum absolute atomic E-state index is 14.7. The van der Waals surface area contributed by atoms with E-state index in [1.165, 1.54) is 18.4 Å². The summed E-state index contributed by atoms with van der Waals surface area (Å²) in [5.41, 5.74) is 0.166. The Balaban J connectivity index is 1.42. The first-order chi connectivity index (χ1) is 16.5. The number of aryl methyl sites for hydroxylation is 1. The molecule has 2 atom stereocenters. The number of amides is 2. The number of nitrogens with one attached hydrogen (secondary N) is 2. The summed E-state index contributed by atoms with van der Waals surface area (Å²) in [4.78, 5) is 42.3. The van der Waals surface area contributed by atoms with Gasteiger partial charge in [-0.05, 0) is 77.5 Å². The van der Waals surface area contributed by atoms with Crippen molar-refractivity contribution >= 4 is 23.5 Å². The molecule has 0 unspecified atom stereocenters. The van der Waals surface area contributed by atoms with Gasteiger partial charge in [-0.3, -0.25) is 14.4 Å². The summed E-state index contributed by atoms with van der Waals surface area (Å²) in [5, 5.41) is 5.55. The lowest BCUT2D eigenvalue weighted by atomic mass is 9.85. The second-order valence-corrected chi connectivity index (χ2v) is 10.5. The third kappa shape index (κ3) is 6.26. The van der Waals surface area contributed by atoms with Crippen LogP contribution < -0.4 is 10.6 Å². The van der Waals surface area contributed by atoms with E-state index in [-0.39, 0.29) is 35.1 Å². The summed E-state index contributed by atoms with van der Waals surface area (Å²) in [6.45, 7) is 7.10. The summed E-state index contributed by atoms with van der Waals surface area (Å²) >= 11 is 0. The molecule has 2 saturated carbocycles. The van der Waals surface area contributed by atoms with Gasteiger partial charge in [-0.1, -0.05) is 6.42 Å². The number of rotatable bonds is 6. The summed E-state index contributed by atoms with van der Waals surface area (Å²) in [5.74, 6) is -1.54. The van der Waals surface area contributed by atoms with Gasteiger partial charge in [-0.2, -0.15) is 0 Å². The number of hydrogen-bond donors (Lipinski definition) is 2. The van der Waals surface area contributed by atoms with Gasteiger partial charge in [0.05, 0.1) is 11.5 Å². The molecule has 0 radical (unpaired) electrons. The van der Waals surface area contributed by atoms with Gasteiger partial charge in [0.25, 0.3) is 11.8 Å². The molecule has 188 valence electrons. The van der Waals surface area contributed by atoms with Crippen LogP contribution in [-0.4, -0.2) is 34.4 Å². The van der Waals surface area contributed by atoms with E-state index in [0.29, 0.717) is 36.4 Å². The maximum Gasteiger partial charge on any atom is 0.309 e. The largest absolute Gasteiger partial charge is 0.460 e. The van der Waals surface area contributed by atoms with Gasteiger partial charge in [-0.25, -0.2) is 9.37 Å². The fourth-order valence-corrected chi connectivity index (χ4v) is 4.26. The van der Waals surface area contributed by atoms with Crippen LogP contribution >= 0.6 is 0 Å². The van der Waals surface area contributed by atoms with Crippen molar-refractivity contribution in [1.82, 2.24) is 10.3 Å². The number of carbonyl (C=O) groups is 3. The molecule has 2 amide bonds. The number of anilines is 1. The first kappa shape index (κ1) is 24.9. The van der Waals surface area contributed by atoms with Crippen LogP contribution in [0.1, 0.15) is 97.5 Å². The molecule has 2 aromatic rings. The quantitative estimate of drug-likeness (QED) is 0.564. The van der Waals surface area contributed by atoms with E-state index in [9.17, 15) is 18.8 Å². The molecule has 4 rings (SSSR count). The Labute approximate surface area is 204 Å². The second-order valence-electron chi connectivity index (χ2n) is 10.5. The standard InChI is InChI=1S/C26H32FN3O5/c1-14-10-19(27)18(12-20(14)29-23(32)21-13-34-24(30-21)15-8-9-15)22(31)28-17-7-5-6-16(11-17)25(33)35-26(2,3)4/h10,12-13,15-17H,5-9,11H2,1-4H3,(H,28,31)(H,29,32)/t16-,17+/m1/s1. The highest BCUT2D eigenvalue weighted by Gasteiger charge is 2.32. The van der Waals surface area contributed by atoms with E-state index in [1.807, 2.05) is 20.8 Å². The molecule has 9 heteroatoms. The first-order valence-corrected chi connectivity index (χ1v) is 12.1. The molecule has 0 bridgehead atoms. The molecule has 2 N–H and O–H groups in total. The lowest BCUT2D eigenvalue weighted by Gasteiger charge is -2.31. The van der Waals surface area contributed by atoms with Crippen LogP contribution in [-0.2, 0) is 9.53 Å². The van der Waals surface area contributed by atoms with E-state index in [4.69, 9.17) is 9.15 Å². The minimum absolute atomic E-state index is 0.136. The highest BCUT2D eigenvalue weighted by Crippen LogP contribution is 2.39. The third-order valence-electron chi connectivity index (χ3n) is 6.24. The number of ether oxygens (including phenoxy) is 1. The van der Waals surface area contributed by atoms with Gasteiger partial charge < -0.3 is 19.8 Å². The molecule has 1 aromatic heterocycles. The summed E-state index contributed by atoms with van der Waals surface area (Å²) < 4.78 is 25.6. The Bertz CT molecular complexity index is 1130. The fraction of sp³-hybridized carbons (Fsp3) is 0.538. The molecule has 2 fully saturated rings. The number of benzene rings is 1. The average molecular weight is 486 g/mol. The van der Waals surface area contributed by atoms with Crippen molar-refractivity contribution in [2.24, 2.45) is 5.92 Å². The number of carbonyl (C=O) groups excluding carboxylic acids is 3. The second kappa shape index (κ2) is 9.79. The first-order valence-electron chi connectivity index (χ1n) is 12.1. The van der Waals surface area contributed by atoms with Crippen LogP contribution in [0.15, 0.2) is 22.8 Å². The van der Waals surface area contributed by atoms with Crippen molar-refractivity contribution in [3.63, 3.8) is 0 Å². The van der Waals surface area contributed by atoms with Crippen LogP contribution in [0.2, 0.25) is 0 Å². The van der Waals surface area contributed by atoms with Gasteiger partial charge >= 0.3 is 5.97 Å². The molecule has 2 aliphatic carbocycles. The van der Waals surface area contributed by atoms with Crippen LogP contribution in [0.5, 0.6) is 0 Å². The number of halogens is 1. The van der Waals surface area contributed by atoms with Crippen molar-refractivity contribution in [2.45, 2.75) is 83.8 Å². The average Bonchev–Trinajstić information content (AvgIpc) is 3.50. The zero-order chi connectivity index (χ0) is 25.3. The lowest BCUT2D eigenvalue weighted by molar-refractivity contribution is -0.161. The SMILES string of the molecule is Cc1cc(F)c(C(=O)N[C@H]2CCC[C@@H](C(=O)OC(C)(C)C)C2)cc1NC(=O)c1coc(C2CC2)n1. The van der Waals surface area contributed by atoms with Crippen LogP contribution in [0.4, 0.5) is 10.1 Å². The fourth-order valence-electron chi connectivity index (χ4n) is 4.26. The van der Waals surface area contributed by atoms with E-state index in [1.54, 1.807) is 6.92 Å². The number of aromatic nitrogens is 1. The number of oxazole rings is 1. The molecular formula is C26H32FN3O5. The Kier molecular flexibility index (Phi) is 6.96. The van der Waals surface area contributed by atoms with Crippen LogP contribution in [0, 0.1) is 18.7 Å². The van der Waals surface area contributed by atoms with Gasteiger partial charge in [0.2, 0.25) is 0 Å². The Morgan fingerprint density at radius 1 is 1.11 bits per heavy atom. The molecular weight excluding hydrogens is 453 g/mol. The summed E-state index contributed by atoms with van der Waals surface area (Å²) in [6, 6.07) is 2.27. The normalized spacial score (nSPS) is 20.3. The Morgan fingerprint density at radius 3 is 2.54 bits per heavy atom. The maximum atomic E-state index is 14.7. The predicted octanol–water partition coefficient (Wildman–Crippen LogP) is 4.88. The molecule has 35 heavy (non-hydrogen) atoms. The van der Waals surface area contributed by atoms with Gasteiger partial charge in [0, 0.05) is 17.6 Å². The van der Waals surface area contributed by atoms with Gasteiger partial charge in [-0.15, -0.1) is 0 Å². The van der Waals surface area contributed by atoms with E-state index < -0.39 is 23.2 Å². The van der Waals surface area contributed by atoms with Crippen LogP contribution in [0.3, 0.4) is 0 Å². The van der Waals surface area contributed by atoms with E-state index in [0.717, 1.165) is 19.3 Å². The highest BCUT2D eigenvalue weighted by molar-refractivity contribution is 6.04. The van der Waals surface area contributed by atoms with E-state index in [2.05, 4.69) is 15.6 Å². The molecule has 1 aromatic carbocycles. The summed E-state index contributed by atoms with van der Waals surface area (Å²) in [6.07, 6.45) is 5.88. The number of esters is 1. The number of nitrogens with zero attached hydrogens (tertiary/aromatic N) is 1. The summed E-state index contributed by atoms with van der Waals surface area (Å²) in [7, 11) is 0. The predicted molar refractivity (Wildman–Crippen MR) is 127 cm³/mol.